The van der Waals surface area contributed by atoms with Crippen molar-refractivity contribution in [3.8, 4) is 5.75 Å². The molecule has 38 heavy (non-hydrogen) atoms. The molecule has 0 aromatic heterocycles. The lowest BCUT2D eigenvalue weighted by atomic mass is 9.48. The number of ether oxygens (including phenoxy) is 2. The van der Waals surface area contributed by atoms with Crippen LogP contribution in [0, 0.1) is 29.6 Å². The molecule has 204 valence electrons. The monoisotopic (exact) mass is 538 g/mol. The number of methoxy groups -OCH3 is 1. The second-order valence-electron chi connectivity index (χ2n) is 12.3. The van der Waals surface area contributed by atoms with Gasteiger partial charge in [-0.25, -0.2) is 0 Å². The van der Waals surface area contributed by atoms with Crippen molar-refractivity contribution >= 4 is 16.1 Å². The average Bonchev–Trinajstić information content (AvgIpc) is 3.26. The number of carbonyl (C=O) groups is 1. The van der Waals surface area contributed by atoms with Gasteiger partial charge >= 0.3 is 5.97 Å². The minimum absolute atomic E-state index is 0.00929. The SMILES string of the molecule is COc1ccc2c(c1)CC[C@@H]1[C@@H]2CC[C@@]2(C)[C@]13CC[C@]2(OC(C)=O)[C@H](COS(=O)(=O)c1ccc(C)cc1)C3. The average molecular weight is 539 g/mol. The maximum absolute atomic E-state index is 13.1. The highest BCUT2D eigenvalue weighted by Gasteiger charge is 2.78. The summed E-state index contributed by atoms with van der Waals surface area (Å²) in [7, 11) is -2.20. The molecule has 0 spiro atoms. The lowest BCUT2D eigenvalue weighted by Crippen LogP contribution is -2.54. The third-order valence-corrected chi connectivity index (χ3v) is 12.2. The molecule has 0 heterocycles. The lowest BCUT2D eigenvalue weighted by molar-refractivity contribution is -0.182. The number of hydrogen-bond acceptors (Lipinski definition) is 6. The van der Waals surface area contributed by atoms with Gasteiger partial charge in [0.1, 0.15) is 11.4 Å². The molecule has 3 fully saturated rings. The smallest absolute Gasteiger partial charge is 0.303 e. The highest BCUT2D eigenvalue weighted by atomic mass is 32.2. The highest BCUT2D eigenvalue weighted by molar-refractivity contribution is 7.86. The van der Waals surface area contributed by atoms with Gasteiger partial charge in [0.25, 0.3) is 10.1 Å². The van der Waals surface area contributed by atoms with Gasteiger partial charge in [-0.2, -0.15) is 8.42 Å². The Morgan fingerprint density at radius 2 is 1.82 bits per heavy atom. The van der Waals surface area contributed by atoms with Crippen LogP contribution in [0.2, 0.25) is 0 Å². The topological polar surface area (TPSA) is 78.9 Å². The number of esters is 1. The van der Waals surface area contributed by atoms with Crippen LogP contribution in [0.3, 0.4) is 0 Å². The van der Waals surface area contributed by atoms with E-state index in [0.29, 0.717) is 11.8 Å². The van der Waals surface area contributed by atoms with Gasteiger partial charge < -0.3 is 9.47 Å². The normalized spacial score (nSPS) is 35.2. The minimum Gasteiger partial charge on any atom is -0.497 e. The van der Waals surface area contributed by atoms with E-state index >= 15 is 0 Å². The molecular weight excluding hydrogens is 500 g/mol. The van der Waals surface area contributed by atoms with E-state index in [-0.39, 0.29) is 34.2 Å². The highest BCUT2D eigenvalue weighted by Crippen LogP contribution is 2.80. The summed E-state index contributed by atoms with van der Waals surface area (Å²) in [6.07, 6.45) is 6.69. The van der Waals surface area contributed by atoms with Crippen molar-refractivity contribution in [2.24, 2.45) is 22.7 Å². The summed E-state index contributed by atoms with van der Waals surface area (Å²) in [4.78, 5) is 12.7. The Labute approximate surface area is 226 Å². The van der Waals surface area contributed by atoms with Crippen LogP contribution in [0.25, 0.3) is 0 Å². The van der Waals surface area contributed by atoms with Crippen molar-refractivity contribution in [2.45, 2.75) is 82.1 Å². The van der Waals surface area contributed by atoms with Gasteiger partial charge in [0.2, 0.25) is 0 Å². The molecule has 2 aromatic carbocycles. The van der Waals surface area contributed by atoms with Crippen molar-refractivity contribution in [3.05, 3.63) is 59.2 Å². The quantitative estimate of drug-likeness (QED) is 0.334. The first-order chi connectivity index (χ1) is 18.1. The standard InChI is InChI=1S/C31H38O6S/c1-20-5-9-25(10-6-20)38(33,34)36-19-23-18-30-15-16-31(23,37-21(2)32)29(30,3)14-13-27-26-11-8-24(35-4)17-22(26)7-12-28(27)30/h5-6,8-11,17,23,27-28H,7,12-16,18-19H2,1-4H3/t23-,27+,28+,29-,30-,31-/m0/s1. The fraction of sp³-hybridized carbons (Fsp3) is 0.581. The van der Waals surface area contributed by atoms with E-state index < -0.39 is 15.7 Å². The second kappa shape index (κ2) is 8.82. The summed E-state index contributed by atoms with van der Waals surface area (Å²) < 4.78 is 43.7. The van der Waals surface area contributed by atoms with Crippen molar-refractivity contribution < 1.29 is 26.9 Å². The number of benzene rings is 2. The first-order valence-corrected chi connectivity index (χ1v) is 15.3. The zero-order valence-corrected chi connectivity index (χ0v) is 23.6. The second-order valence-corrected chi connectivity index (χ2v) is 13.9. The third kappa shape index (κ3) is 3.53. The Balaban J connectivity index is 1.34. The number of hydrogen-bond donors (Lipinski definition) is 0. The summed E-state index contributed by atoms with van der Waals surface area (Å²) in [5.74, 6) is 1.38. The first-order valence-electron chi connectivity index (χ1n) is 13.9. The first kappa shape index (κ1) is 25.9. The largest absolute Gasteiger partial charge is 0.497 e. The Morgan fingerprint density at radius 1 is 1.05 bits per heavy atom. The predicted molar refractivity (Wildman–Crippen MR) is 143 cm³/mol. The molecule has 6 atom stereocenters. The summed E-state index contributed by atoms with van der Waals surface area (Å²) in [5.41, 5.74) is 2.89. The number of rotatable bonds is 6. The lowest BCUT2D eigenvalue weighted by Gasteiger charge is -2.57. The molecule has 4 aliphatic carbocycles. The van der Waals surface area contributed by atoms with Gasteiger partial charge in [-0.1, -0.05) is 30.7 Å². The maximum Gasteiger partial charge on any atom is 0.303 e. The summed E-state index contributed by atoms with van der Waals surface area (Å²) in [5, 5.41) is 0. The van der Waals surface area contributed by atoms with Crippen molar-refractivity contribution in [2.75, 3.05) is 13.7 Å². The zero-order chi connectivity index (χ0) is 26.9. The Bertz CT molecular complexity index is 1370. The van der Waals surface area contributed by atoms with Crippen LogP contribution in [-0.4, -0.2) is 33.7 Å². The third-order valence-electron chi connectivity index (χ3n) is 10.9. The summed E-state index contributed by atoms with van der Waals surface area (Å²) >= 11 is 0. The molecule has 0 N–H and O–H groups in total. The van der Waals surface area contributed by atoms with Gasteiger partial charge in [-0.3, -0.25) is 8.98 Å². The fourth-order valence-electron chi connectivity index (χ4n) is 9.30. The van der Waals surface area contributed by atoms with Crippen molar-refractivity contribution in [1.82, 2.24) is 0 Å². The predicted octanol–water partition coefficient (Wildman–Crippen LogP) is 5.96. The van der Waals surface area contributed by atoms with Gasteiger partial charge in [-0.15, -0.1) is 0 Å². The van der Waals surface area contributed by atoms with E-state index in [9.17, 15) is 13.2 Å². The molecule has 0 saturated heterocycles. The van der Waals surface area contributed by atoms with Crippen molar-refractivity contribution in [3.63, 3.8) is 0 Å². The Morgan fingerprint density at radius 3 is 2.53 bits per heavy atom. The summed E-state index contributed by atoms with van der Waals surface area (Å²) in [6, 6.07) is 13.3. The van der Waals surface area contributed by atoms with Crippen LogP contribution >= 0.6 is 0 Å². The van der Waals surface area contributed by atoms with Gasteiger partial charge in [0.15, 0.2) is 0 Å². The van der Waals surface area contributed by atoms with Crippen LogP contribution in [0.4, 0.5) is 0 Å². The molecule has 3 saturated carbocycles. The Hall–Kier alpha value is -2.38. The molecule has 2 bridgehead atoms. The van der Waals surface area contributed by atoms with Crippen LogP contribution < -0.4 is 4.74 Å². The molecule has 6 rings (SSSR count). The molecule has 4 aliphatic rings. The molecule has 6 nitrogen and oxygen atoms in total. The van der Waals surface area contributed by atoms with Crippen molar-refractivity contribution in [1.29, 1.82) is 0 Å². The molecule has 2 aromatic rings. The minimum atomic E-state index is -3.91. The van der Waals surface area contributed by atoms with Crippen LogP contribution in [0.1, 0.15) is 75.0 Å². The fourth-order valence-corrected chi connectivity index (χ4v) is 10.2. The maximum atomic E-state index is 13.1. The molecule has 0 unspecified atom stereocenters. The number of aryl methyl sites for hydroxylation is 2. The zero-order valence-electron chi connectivity index (χ0n) is 22.8. The van der Waals surface area contributed by atoms with Crippen LogP contribution in [-0.2, 0) is 30.3 Å². The van der Waals surface area contributed by atoms with E-state index in [4.69, 9.17) is 13.7 Å². The molecule has 7 heteroatoms. The van der Waals surface area contributed by atoms with E-state index in [1.165, 1.54) is 18.1 Å². The molecule has 0 radical (unpaired) electrons. The number of carbonyl (C=O) groups excluding carboxylic acids is 1. The molecule has 0 aliphatic heterocycles. The van der Waals surface area contributed by atoms with Gasteiger partial charge in [-0.05, 0) is 105 Å². The van der Waals surface area contributed by atoms with E-state index in [1.54, 1.807) is 31.4 Å². The van der Waals surface area contributed by atoms with Crippen LogP contribution in [0.15, 0.2) is 47.4 Å². The summed E-state index contributed by atoms with van der Waals surface area (Å²) in [6.45, 7) is 5.75. The van der Waals surface area contributed by atoms with E-state index in [1.807, 2.05) is 6.92 Å². The van der Waals surface area contributed by atoms with Gasteiger partial charge in [0.05, 0.1) is 18.6 Å². The number of fused-ring (bicyclic) bond motifs is 3. The molecular formula is C31H38O6S. The molecule has 0 amide bonds. The Kier molecular flexibility index (Phi) is 6.00. The van der Waals surface area contributed by atoms with Crippen LogP contribution in [0.5, 0.6) is 5.75 Å². The van der Waals surface area contributed by atoms with E-state index in [2.05, 4.69) is 25.1 Å². The van der Waals surface area contributed by atoms with E-state index in [0.717, 1.165) is 56.3 Å². The van der Waals surface area contributed by atoms with Gasteiger partial charge in [0, 0.05) is 18.3 Å².